The summed E-state index contributed by atoms with van der Waals surface area (Å²) in [4.78, 5) is 14.7. The van der Waals surface area contributed by atoms with Crippen molar-refractivity contribution in [2.75, 3.05) is 0 Å². The standard InChI is InChI=1S/C13H14F3NO4/c1-2-12(20,13(14,15)16)21-9-5-8(7-3-4-7)6-17-10(9)11(18)19/h5-7,20H,2-4H2,1H3,(H,18,19)/t12-/m1/s1. The minimum Gasteiger partial charge on any atom is -0.476 e. The Morgan fingerprint density at radius 1 is 1.48 bits per heavy atom. The van der Waals surface area contributed by atoms with Crippen LogP contribution >= 0.6 is 0 Å². The number of aliphatic hydroxyl groups is 1. The van der Waals surface area contributed by atoms with Crippen molar-refractivity contribution in [3.8, 4) is 5.75 Å². The van der Waals surface area contributed by atoms with Gasteiger partial charge in [0.15, 0.2) is 11.4 Å². The molecule has 1 aromatic rings. The first kappa shape index (κ1) is 15.6. The van der Waals surface area contributed by atoms with Gasteiger partial charge in [-0.15, -0.1) is 0 Å². The van der Waals surface area contributed by atoms with E-state index in [-0.39, 0.29) is 5.92 Å². The van der Waals surface area contributed by atoms with E-state index in [0.29, 0.717) is 5.56 Å². The Bertz CT molecular complexity index is 557. The topological polar surface area (TPSA) is 79.7 Å². The van der Waals surface area contributed by atoms with Gasteiger partial charge in [0.1, 0.15) is 0 Å². The molecule has 1 heterocycles. The summed E-state index contributed by atoms with van der Waals surface area (Å²) in [5.41, 5.74) is -0.0499. The molecule has 5 nitrogen and oxygen atoms in total. The summed E-state index contributed by atoms with van der Waals surface area (Å²) in [6, 6.07) is 1.21. The van der Waals surface area contributed by atoms with Crippen molar-refractivity contribution in [1.82, 2.24) is 4.98 Å². The lowest BCUT2D eigenvalue weighted by Gasteiger charge is -2.30. The maximum atomic E-state index is 12.9. The number of rotatable bonds is 5. The number of carboxylic acids is 1. The molecule has 0 spiro atoms. The number of halogens is 3. The molecule has 1 saturated carbocycles. The summed E-state index contributed by atoms with van der Waals surface area (Å²) in [5.74, 6) is -5.38. The molecule has 0 amide bonds. The van der Waals surface area contributed by atoms with E-state index in [0.717, 1.165) is 19.8 Å². The van der Waals surface area contributed by atoms with Gasteiger partial charge in [-0.25, -0.2) is 9.78 Å². The van der Waals surface area contributed by atoms with Gasteiger partial charge in [0.25, 0.3) is 0 Å². The van der Waals surface area contributed by atoms with Gasteiger partial charge in [-0.05, 0) is 30.4 Å². The molecule has 1 aliphatic carbocycles. The lowest BCUT2D eigenvalue weighted by atomic mass is 10.1. The number of hydrogen-bond acceptors (Lipinski definition) is 4. The van der Waals surface area contributed by atoms with Crippen molar-refractivity contribution in [2.24, 2.45) is 0 Å². The van der Waals surface area contributed by atoms with Crippen LogP contribution in [0.4, 0.5) is 13.2 Å². The highest BCUT2D eigenvalue weighted by molar-refractivity contribution is 5.88. The molecule has 21 heavy (non-hydrogen) atoms. The first-order valence-corrected chi connectivity index (χ1v) is 6.39. The average Bonchev–Trinajstić information content (AvgIpc) is 3.21. The van der Waals surface area contributed by atoms with Crippen LogP contribution in [0.3, 0.4) is 0 Å². The molecule has 1 fully saturated rings. The van der Waals surface area contributed by atoms with Crippen LogP contribution in [0.5, 0.6) is 5.75 Å². The van der Waals surface area contributed by atoms with E-state index in [1.54, 1.807) is 0 Å². The molecule has 1 aliphatic rings. The molecule has 2 N–H and O–H groups in total. The third kappa shape index (κ3) is 3.10. The summed E-state index contributed by atoms with van der Waals surface area (Å²) in [6.45, 7) is 1.09. The fourth-order valence-electron chi connectivity index (χ4n) is 1.85. The molecule has 1 atom stereocenters. The van der Waals surface area contributed by atoms with Gasteiger partial charge in [-0.1, -0.05) is 6.92 Å². The Kier molecular flexibility index (Phi) is 3.83. The monoisotopic (exact) mass is 305 g/mol. The highest BCUT2D eigenvalue weighted by atomic mass is 19.4. The number of nitrogens with zero attached hydrogens (tertiary/aromatic N) is 1. The molecule has 0 aliphatic heterocycles. The van der Waals surface area contributed by atoms with Gasteiger partial charge >= 0.3 is 17.9 Å². The first-order valence-electron chi connectivity index (χ1n) is 6.39. The van der Waals surface area contributed by atoms with E-state index in [1.165, 1.54) is 12.3 Å². The van der Waals surface area contributed by atoms with Crippen molar-refractivity contribution in [1.29, 1.82) is 0 Å². The highest BCUT2D eigenvalue weighted by Gasteiger charge is 2.55. The molecule has 1 aromatic heterocycles. The Hall–Kier alpha value is -1.83. The van der Waals surface area contributed by atoms with Crippen LogP contribution < -0.4 is 4.74 Å². The zero-order valence-corrected chi connectivity index (χ0v) is 11.1. The Labute approximate surface area is 118 Å². The fraction of sp³-hybridized carbons (Fsp3) is 0.538. The maximum Gasteiger partial charge on any atom is 0.455 e. The van der Waals surface area contributed by atoms with Crippen LogP contribution in [0.1, 0.15) is 48.2 Å². The zero-order valence-electron chi connectivity index (χ0n) is 11.1. The van der Waals surface area contributed by atoms with Gasteiger partial charge in [-0.3, -0.25) is 0 Å². The summed E-state index contributed by atoms with van der Waals surface area (Å²) in [7, 11) is 0. The van der Waals surface area contributed by atoms with E-state index in [9.17, 15) is 23.1 Å². The largest absolute Gasteiger partial charge is 0.476 e. The van der Waals surface area contributed by atoms with Crippen LogP contribution in [0.2, 0.25) is 0 Å². The number of carbonyl (C=O) groups is 1. The Morgan fingerprint density at radius 3 is 2.52 bits per heavy atom. The van der Waals surface area contributed by atoms with Gasteiger partial charge in [0.2, 0.25) is 0 Å². The number of alkyl halides is 3. The predicted molar refractivity (Wildman–Crippen MR) is 65.1 cm³/mol. The number of carboxylic acid groups (broad SMARTS) is 1. The second kappa shape index (κ2) is 5.18. The van der Waals surface area contributed by atoms with Gasteiger partial charge in [0.05, 0.1) is 0 Å². The quantitative estimate of drug-likeness (QED) is 0.818. The fourth-order valence-corrected chi connectivity index (χ4v) is 1.85. The minimum atomic E-state index is -5.05. The summed E-state index contributed by atoms with van der Waals surface area (Å²) in [6.07, 6.45) is -2.78. The lowest BCUT2D eigenvalue weighted by Crippen LogP contribution is -2.50. The molecule has 2 rings (SSSR count). The Morgan fingerprint density at radius 2 is 2.10 bits per heavy atom. The normalized spacial score (nSPS) is 18.1. The smallest absolute Gasteiger partial charge is 0.455 e. The third-order valence-electron chi connectivity index (χ3n) is 3.33. The van der Waals surface area contributed by atoms with Crippen LogP contribution in [-0.4, -0.2) is 33.1 Å². The SMILES string of the molecule is CC[C@@](O)(Oc1cc(C2CC2)cnc1C(=O)O)C(F)(F)F. The number of ether oxygens (including phenoxy) is 1. The Balaban J connectivity index is 2.40. The van der Waals surface area contributed by atoms with Crippen LogP contribution in [0, 0.1) is 0 Å². The van der Waals surface area contributed by atoms with E-state index in [2.05, 4.69) is 9.72 Å². The van der Waals surface area contributed by atoms with Crippen LogP contribution in [-0.2, 0) is 0 Å². The van der Waals surface area contributed by atoms with Crippen molar-refractivity contribution < 1.29 is 32.9 Å². The highest BCUT2D eigenvalue weighted by Crippen LogP contribution is 2.42. The predicted octanol–water partition coefficient (Wildman–Crippen LogP) is 2.70. The second-order valence-corrected chi connectivity index (χ2v) is 4.93. The number of aromatic carboxylic acids is 1. The molecule has 116 valence electrons. The molecule has 0 saturated heterocycles. The minimum absolute atomic E-state index is 0.156. The molecule has 0 unspecified atom stereocenters. The third-order valence-corrected chi connectivity index (χ3v) is 3.33. The van der Waals surface area contributed by atoms with Crippen LogP contribution in [0.15, 0.2) is 12.3 Å². The molecule has 8 heteroatoms. The van der Waals surface area contributed by atoms with Gasteiger partial charge < -0.3 is 14.9 Å². The zero-order chi connectivity index (χ0) is 15.8. The lowest BCUT2D eigenvalue weighted by molar-refractivity contribution is -0.336. The van der Waals surface area contributed by atoms with Gasteiger partial charge in [-0.2, -0.15) is 13.2 Å². The molecule has 0 radical (unpaired) electrons. The number of pyridine rings is 1. The molecule has 0 aromatic carbocycles. The van der Waals surface area contributed by atoms with E-state index >= 15 is 0 Å². The van der Waals surface area contributed by atoms with Crippen molar-refractivity contribution in [3.63, 3.8) is 0 Å². The number of hydrogen-bond donors (Lipinski definition) is 2. The summed E-state index contributed by atoms with van der Waals surface area (Å²) >= 11 is 0. The van der Waals surface area contributed by atoms with Gasteiger partial charge in [0, 0.05) is 12.6 Å². The van der Waals surface area contributed by atoms with Crippen molar-refractivity contribution in [3.05, 3.63) is 23.5 Å². The first-order chi connectivity index (χ1) is 9.68. The summed E-state index contributed by atoms with van der Waals surface area (Å²) < 4.78 is 43.2. The van der Waals surface area contributed by atoms with Crippen molar-refractivity contribution in [2.45, 2.75) is 44.1 Å². The van der Waals surface area contributed by atoms with E-state index < -0.39 is 35.8 Å². The van der Waals surface area contributed by atoms with Crippen LogP contribution in [0.25, 0.3) is 0 Å². The molecular weight excluding hydrogens is 291 g/mol. The van der Waals surface area contributed by atoms with E-state index in [1.807, 2.05) is 0 Å². The average molecular weight is 305 g/mol. The number of aromatic nitrogens is 1. The van der Waals surface area contributed by atoms with Crippen molar-refractivity contribution >= 4 is 5.97 Å². The molecular formula is C13H14F3NO4. The maximum absolute atomic E-state index is 12.9. The molecule has 0 bridgehead atoms. The summed E-state index contributed by atoms with van der Waals surface area (Å²) in [5, 5.41) is 18.6. The second-order valence-electron chi connectivity index (χ2n) is 4.93. The van der Waals surface area contributed by atoms with E-state index in [4.69, 9.17) is 5.11 Å².